The smallest absolute Gasteiger partial charge is 0.411 e. The van der Waals surface area contributed by atoms with Gasteiger partial charge < -0.3 is 14.6 Å². The minimum Gasteiger partial charge on any atom is -0.491 e. The van der Waals surface area contributed by atoms with Crippen LogP contribution in [0, 0.1) is 6.92 Å². The number of alkyl halides is 3. The maximum Gasteiger partial charge on any atom is 0.411 e. The van der Waals surface area contributed by atoms with E-state index in [2.05, 4.69) is 4.74 Å². The molecule has 0 bridgehead atoms. The Morgan fingerprint density at radius 2 is 1.95 bits per heavy atom. The second-order valence-corrected chi connectivity index (χ2v) is 4.23. The molecule has 0 unspecified atom stereocenters. The van der Waals surface area contributed by atoms with Gasteiger partial charge in [0.15, 0.2) is 0 Å². The van der Waals surface area contributed by atoms with E-state index in [9.17, 15) is 18.3 Å². The van der Waals surface area contributed by atoms with Gasteiger partial charge in [-0.2, -0.15) is 13.2 Å². The van der Waals surface area contributed by atoms with E-state index >= 15 is 0 Å². The molecule has 0 spiro atoms. The number of halogens is 3. The monoisotopic (exact) mass is 278 g/mol. The summed E-state index contributed by atoms with van der Waals surface area (Å²) in [5, 5.41) is 9.54. The Bertz CT molecular complexity index is 403. The molecule has 0 fully saturated rings. The van der Waals surface area contributed by atoms with Gasteiger partial charge in [-0.1, -0.05) is 12.1 Å². The number of rotatable bonds is 6. The number of ether oxygens (including phenoxy) is 2. The Morgan fingerprint density at radius 1 is 1.26 bits per heavy atom. The van der Waals surface area contributed by atoms with Crippen molar-refractivity contribution in [1.82, 2.24) is 0 Å². The van der Waals surface area contributed by atoms with Crippen molar-refractivity contribution in [3.05, 3.63) is 29.3 Å². The first-order valence-corrected chi connectivity index (χ1v) is 5.85. The Kier molecular flexibility index (Phi) is 5.62. The number of aliphatic hydroxyl groups excluding tert-OH is 1. The molecule has 0 saturated heterocycles. The molecule has 3 nitrogen and oxygen atoms in total. The minimum atomic E-state index is -4.33. The Morgan fingerprint density at radius 3 is 2.53 bits per heavy atom. The predicted molar refractivity (Wildman–Crippen MR) is 64.2 cm³/mol. The molecule has 0 heterocycles. The summed E-state index contributed by atoms with van der Waals surface area (Å²) in [4.78, 5) is 0. The van der Waals surface area contributed by atoms with Crippen LogP contribution in [0.3, 0.4) is 0 Å². The SMILES string of the molecule is Cc1ccc([C@H](C)O)c(OCCOCC(F)(F)F)c1. The summed E-state index contributed by atoms with van der Waals surface area (Å²) in [6.45, 7) is 2.01. The highest BCUT2D eigenvalue weighted by atomic mass is 19.4. The number of hydrogen-bond acceptors (Lipinski definition) is 3. The summed E-state index contributed by atoms with van der Waals surface area (Å²) >= 11 is 0. The van der Waals surface area contributed by atoms with Crippen molar-refractivity contribution in [2.45, 2.75) is 26.1 Å². The van der Waals surface area contributed by atoms with E-state index in [0.717, 1.165) is 5.56 Å². The molecule has 0 saturated carbocycles. The first kappa shape index (κ1) is 15.8. The first-order chi connectivity index (χ1) is 8.79. The van der Waals surface area contributed by atoms with Crippen LogP contribution >= 0.6 is 0 Å². The van der Waals surface area contributed by atoms with E-state index in [4.69, 9.17) is 4.74 Å². The lowest BCUT2D eigenvalue weighted by atomic mass is 10.1. The third-order valence-electron chi connectivity index (χ3n) is 2.37. The summed E-state index contributed by atoms with van der Waals surface area (Å²) in [7, 11) is 0. The van der Waals surface area contributed by atoms with E-state index < -0.39 is 18.9 Å². The maximum atomic E-state index is 11.8. The molecule has 0 aliphatic rings. The normalized spacial score (nSPS) is 13.4. The average Bonchev–Trinajstić information content (AvgIpc) is 2.26. The molecule has 1 rings (SSSR count). The van der Waals surface area contributed by atoms with E-state index in [1.807, 2.05) is 13.0 Å². The van der Waals surface area contributed by atoms with Crippen molar-refractivity contribution in [3.8, 4) is 5.75 Å². The molecule has 108 valence electrons. The minimum absolute atomic E-state index is 0.000741. The van der Waals surface area contributed by atoms with Crippen LogP contribution in [0.1, 0.15) is 24.2 Å². The van der Waals surface area contributed by atoms with Crippen molar-refractivity contribution >= 4 is 0 Å². The second-order valence-electron chi connectivity index (χ2n) is 4.23. The summed E-state index contributed by atoms with van der Waals surface area (Å²) in [5.74, 6) is 0.464. The van der Waals surface area contributed by atoms with Crippen molar-refractivity contribution in [1.29, 1.82) is 0 Å². The molecule has 0 aromatic heterocycles. The molecule has 19 heavy (non-hydrogen) atoms. The maximum absolute atomic E-state index is 11.8. The highest BCUT2D eigenvalue weighted by Crippen LogP contribution is 2.26. The van der Waals surface area contributed by atoms with Gasteiger partial charge in [-0.05, 0) is 25.5 Å². The predicted octanol–water partition coefficient (Wildman–Crippen LogP) is 3.01. The van der Waals surface area contributed by atoms with E-state index in [0.29, 0.717) is 11.3 Å². The molecule has 0 amide bonds. The quantitative estimate of drug-likeness (QED) is 0.813. The van der Waals surface area contributed by atoms with E-state index in [1.165, 1.54) is 0 Å². The zero-order valence-corrected chi connectivity index (χ0v) is 10.8. The fraction of sp³-hybridized carbons (Fsp3) is 0.538. The number of hydrogen-bond donors (Lipinski definition) is 1. The lowest BCUT2D eigenvalue weighted by Crippen LogP contribution is -2.19. The molecule has 1 aromatic carbocycles. The van der Waals surface area contributed by atoms with Gasteiger partial charge in [-0.25, -0.2) is 0 Å². The second kappa shape index (κ2) is 6.77. The van der Waals surface area contributed by atoms with Gasteiger partial charge in [0.25, 0.3) is 0 Å². The summed E-state index contributed by atoms with van der Waals surface area (Å²) < 4.78 is 45.3. The van der Waals surface area contributed by atoms with Gasteiger partial charge >= 0.3 is 6.18 Å². The lowest BCUT2D eigenvalue weighted by Gasteiger charge is -2.14. The molecule has 0 aliphatic carbocycles. The third-order valence-corrected chi connectivity index (χ3v) is 2.37. The van der Waals surface area contributed by atoms with Crippen LogP contribution in [0.15, 0.2) is 18.2 Å². The van der Waals surface area contributed by atoms with E-state index in [1.54, 1.807) is 19.1 Å². The Labute approximate surface area is 110 Å². The topological polar surface area (TPSA) is 38.7 Å². The summed E-state index contributed by atoms with van der Waals surface area (Å²) in [6.07, 6.45) is -5.03. The molecule has 0 radical (unpaired) electrons. The average molecular weight is 278 g/mol. The standard InChI is InChI=1S/C13H17F3O3/c1-9-3-4-11(10(2)17)12(7-9)19-6-5-18-8-13(14,15)16/h3-4,7,10,17H,5-6,8H2,1-2H3/t10-/m0/s1. The van der Waals surface area contributed by atoms with Gasteiger partial charge in [-0.15, -0.1) is 0 Å². The molecular weight excluding hydrogens is 261 g/mol. The fourth-order valence-corrected chi connectivity index (χ4v) is 1.51. The van der Waals surface area contributed by atoms with Gasteiger partial charge in [-0.3, -0.25) is 0 Å². The van der Waals surface area contributed by atoms with Crippen molar-refractivity contribution in [2.24, 2.45) is 0 Å². The van der Waals surface area contributed by atoms with Gasteiger partial charge in [0.05, 0.1) is 12.7 Å². The molecule has 1 N–H and O–H groups in total. The highest BCUT2D eigenvalue weighted by molar-refractivity contribution is 5.38. The van der Waals surface area contributed by atoms with E-state index in [-0.39, 0.29) is 13.2 Å². The molecule has 1 atom stereocenters. The van der Waals surface area contributed by atoms with Crippen molar-refractivity contribution in [2.75, 3.05) is 19.8 Å². The third kappa shape index (κ3) is 5.94. The highest BCUT2D eigenvalue weighted by Gasteiger charge is 2.27. The van der Waals surface area contributed by atoms with Crippen LogP contribution in [0.5, 0.6) is 5.75 Å². The Hall–Kier alpha value is -1.27. The fourth-order valence-electron chi connectivity index (χ4n) is 1.51. The van der Waals surface area contributed by atoms with Gasteiger partial charge in [0, 0.05) is 5.56 Å². The van der Waals surface area contributed by atoms with Crippen molar-refractivity contribution in [3.63, 3.8) is 0 Å². The largest absolute Gasteiger partial charge is 0.491 e. The van der Waals surface area contributed by atoms with Gasteiger partial charge in [0.1, 0.15) is 19.0 Å². The summed E-state index contributed by atoms with van der Waals surface area (Å²) in [6, 6.07) is 5.28. The van der Waals surface area contributed by atoms with Crippen LogP contribution in [0.2, 0.25) is 0 Å². The van der Waals surface area contributed by atoms with Crippen LogP contribution in [0.4, 0.5) is 13.2 Å². The van der Waals surface area contributed by atoms with Crippen LogP contribution < -0.4 is 4.74 Å². The molecule has 0 aliphatic heterocycles. The number of aliphatic hydroxyl groups is 1. The molecule has 6 heteroatoms. The Balaban J connectivity index is 2.46. The van der Waals surface area contributed by atoms with Crippen LogP contribution in [-0.2, 0) is 4.74 Å². The number of benzene rings is 1. The van der Waals surface area contributed by atoms with Crippen LogP contribution in [0.25, 0.3) is 0 Å². The molecule has 1 aromatic rings. The summed E-state index contributed by atoms with van der Waals surface area (Å²) in [5.41, 5.74) is 1.54. The van der Waals surface area contributed by atoms with Crippen LogP contribution in [-0.4, -0.2) is 31.1 Å². The molecular formula is C13H17F3O3. The number of aryl methyl sites for hydroxylation is 1. The zero-order chi connectivity index (χ0) is 14.5. The first-order valence-electron chi connectivity index (χ1n) is 5.85. The lowest BCUT2D eigenvalue weighted by molar-refractivity contribution is -0.175. The zero-order valence-electron chi connectivity index (χ0n) is 10.8. The van der Waals surface area contributed by atoms with Gasteiger partial charge in [0.2, 0.25) is 0 Å². The van der Waals surface area contributed by atoms with Crippen molar-refractivity contribution < 1.29 is 27.8 Å².